The van der Waals surface area contributed by atoms with Crippen molar-refractivity contribution in [3.63, 3.8) is 0 Å². The Hall–Kier alpha value is -0.870. The molecule has 4 nitrogen and oxygen atoms in total. The van der Waals surface area contributed by atoms with Crippen LogP contribution < -0.4 is 11.3 Å². The number of rotatable bonds is 5. The lowest BCUT2D eigenvalue weighted by Crippen LogP contribution is -2.46. The second kappa shape index (κ2) is 4.77. The van der Waals surface area contributed by atoms with Crippen LogP contribution in [0.25, 0.3) is 0 Å². The molecule has 3 N–H and O–H groups in total. The average Bonchev–Trinajstić information content (AvgIpc) is 2.60. The Morgan fingerprint density at radius 2 is 2.27 bits per heavy atom. The summed E-state index contributed by atoms with van der Waals surface area (Å²) in [7, 11) is 1.93. The highest BCUT2D eigenvalue weighted by molar-refractivity contribution is 5.07. The number of nitrogens with one attached hydrogen (secondary N) is 1. The van der Waals surface area contributed by atoms with E-state index in [1.807, 2.05) is 24.1 Å². The van der Waals surface area contributed by atoms with E-state index in [1.54, 1.807) is 0 Å². The van der Waals surface area contributed by atoms with E-state index in [0.29, 0.717) is 0 Å². The maximum Gasteiger partial charge on any atom is 0.0522 e. The summed E-state index contributed by atoms with van der Waals surface area (Å²) in [5, 5.41) is 4.16. The predicted molar refractivity (Wildman–Crippen MR) is 62.1 cm³/mol. The molecule has 0 amide bonds. The van der Waals surface area contributed by atoms with Gasteiger partial charge in [-0.2, -0.15) is 5.10 Å². The molecule has 1 atom stereocenters. The lowest BCUT2D eigenvalue weighted by Gasteiger charge is -2.32. The fourth-order valence-electron chi connectivity index (χ4n) is 1.62. The molecule has 1 heterocycles. The third-order valence-corrected chi connectivity index (χ3v) is 3.25. The molecule has 0 fully saturated rings. The van der Waals surface area contributed by atoms with Crippen LogP contribution in [0.5, 0.6) is 0 Å². The Bertz CT molecular complexity index is 303. The van der Waals surface area contributed by atoms with Crippen LogP contribution >= 0.6 is 0 Å². The van der Waals surface area contributed by atoms with E-state index < -0.39 is 0 Å². The molecule has 1 aromatic rings. The fourth-order valence-corrected chi connectivity index (χ4v) is 1.62. The summed E-state index contributed by atoms with van der Waals surface area (Å²) in [6, 6.07) is 0.284. The minimum atomic E-state index is 0.199. The van der Waals surface area contributed by atoms with Gasteiger partial charge in [0.1, 0.15) is 0 Å². The normalized spacial score (nSPS) is 14.2. The van der Waals surface area contributed by atoms with E-state index in [4.69, 9.17) is 5.84 Å². The minimum Gasteiger partial charge on any atom is -0.276 e. The summed E-state index contributed by atoms with van der Waals surface area (Å²) >= 11 is 0. The first-order valence-electron chi connectivity index (χ1n) is 5.43. The molecule has 15 heavy (non-hydrogen) atoms. The van der Waals surface area contributed by atoms with Gasteiger partial charge in [-0.05, 0) is 23.8 Å². The monoisotopic (exact) mass is 210 g/mol. The fraction of sp³-hybridized carbons (Fsp3) is 0.727. The predicted octanol–water partition coefficient (Wildman–Crippen LogP) is 1.23. The Balaban J connectivity index is 2.69. The van der Waals surface area contributed by atoms with Gasteiger partial charge in [0.25, 0.3) is 0 Å². The smallest absolute Gasteiger partial charge is 0.0522 e. The van der Waals surface area contributed by atoms with Gasteiger partial charge in [-0.15, -0.1) is 0 Å². The summed E-state index contributed by atoms with van der Waals surface area (Å²) in [5.74, 6) is 5.61. The lowest BCUT2D eigenvalue weighted by atomic mass is 9.79. The van der Waals surface area contributed by atoms with Gasteiger partial charge in [0.2, 0.25) is 0 Å². The van der Waals surface area contributed by atoms with Crippen molar-refractivity contribution < 1.29 is 0 Å². The number of hydrogen-bond acceptors (Lipinski definition) is 3. The zero-order valence-corrected chi connectivity index (χ0v) is 10.1. The molecule has 0 aliphatic heterocycles. The molecule has 0 aliphatic rings. The van der Waals surface area contributed by atoms with Gasteiger partial charge in [-0.25, -0.2) is 0 Å². The van der Waals surface area contributed by atoms with Crippen molar-refractivity contribution in [1.29, 1.82) is 0 Å². The Morgan fingerprint density at radius 3 is 2.67 bits per heavy atom. The summed E-state index contributed by atoms with van der Waals surface area (Å²) in [6.45, 7) is 6.65. The maximum absolute atomic E-state index is 5.61. The highest BCUT2D eigenvalue weighted by Gasteiger charge is 2.27. The first-order chi connectivity index (χ1) is 6.99. The number of aromatic nitrogens is 2. The van der Waals surface area contributed by atoms with Crippen molar-refractivity contribution in [2.45, 2.75) is 39.7 Å². The van der Waals surface area contributed by atoms with Crippen LogP contribution in [-0.2, 0) is 13.5 Å². The van der Waals surface area contributed by atoms with Gasteiger partial charge in [-0.1, -0.05) is 20.8 Å². The van der Waals surface area contributed by atoms with Gasteiger partial charge >= 0.3 is 0 Å². The highest BCUT2D eigenvalue weighted by Crippen LogP contribution is 2.26. The SMILES string of the molecule is CCC(C)(C)C(Cc1cnn(C)c1)NN. The summed E-state index contributed by atoms with van der Waals surface area (Å²) in [6.07, 6.45) is 5.96. The van der Waals surface area contributed by atoms with Crippen LogP contribution in [0, 0.1) is 5.41 Å². The van der Waals surface area contributed by atoms with Crippen LogP contribution in [0.4, 0.5) is 0 Å². The van der Waals surface area contributed by atoms with Gasteiger partial charge < -0.3 is 0 Å². The number of aryl methyl sites for hydroxylation is 1. The molecule has 0 spiro atoms. The number of hydrogen-bond donors (Lipinski definition) is 2. The van der Waals surface area contributed by atoms with E-state index in [1.165, 1.54) is 5.56 Å². The quantitative estimate of drug-likeness (QED) is 0.568. The van der Waals surface area contributed by atoms with E-state index in [-0.39, 0.29) is 11.5 Å². The molecule has 0 radical (unpaired) electrons. The molecular weight excluding hydrogens is 188 g/mol. The second-order valence-electron chi connectivity index (χ2n) is 4.79. The minimum absolute atomic E-state index is 0.199. The van der Waals surface area contributed by atoms with Crippen LogP contribution in [0.1, 0.15) is 32.8 Å². The van der Waals surface area contributed by atoms with Crippen LogP contribution in [0.2, 0.25) is 0 Å². The van der Waals surface area contributed by atoms with Crippen molar-refractivity contribution in [2.24, 2.45) is 18.3 Å². The van der Waals surface area contributed by atoms with Gasteiger partial charge in [-0.3, -0.25) is 16.0 Å². The molecule has 0 saturated heterocycles. The first-order valence-corrected chi connectivity index (χ1v) is 5.43. The summed E-state index contributed by atoms with van der Waals surface area (Å²) < 4.78 is 1.82. The molecule has 86 valence electrons. The molecule has 0 saturated carbocycles. The van der Waals surface area contributed by atoms with Crippen molar-refractivity contribution in [1.82, 2.24) is 15.2 Å². The molecule has 1 unspecified atom stereocenters. The number of nitrogens with two attached hydrogens (primary N) is 1. The van der Waals surface area contributed by atoms with E-state index >= 15 is 0 Å². The summed E-state index contributed by atoms with van der Waals surface area (Å²) in [5.41, 5.74) is 4.34. The maximum atomic E-state index is 5.61. The summed E-state index contributed by atoms with van der Waals surface area (Å²) in [4.78, 5) is 0. The largest absolute Gasteiger partial charge is 0.276 e. The van der Waals surface area contributed by atoms with Crippen LogP contribution in [0.15, 0.2) is 12.4 Å². The van der Waals surface area contributed by atoms with Crippen LogP contribution in [0.3, 0.4) is 0 Å². The topological polar surface area (TPSA) is 55.9 Å². The number of nitrogens with zero attached hydrogens (tertiary/aromatic N) is 2. The van der Waals surface area contributed by atoms with E-state index in [9.17, 15) is 0 Å². The molecule has 0 aromatic carbocycles. The third kappa shape index (κ3) is 3.04. The molecule has 0 bridgehead atoms. The van der Waals surface area contributed by atoms with E-state index in [2.05, 4.69) is 31.3 Å². The Kier molecular flexibility index (Phi) is 3.88. The zero-order chi connectivity index (χ0) is 11.5. The zero-order valence-electron chi connectivity index (χ0n) is 10.1. The number of hydrazine groups is 1. The van der Waals surface area contributed by atoms with Crippen molar-refractivity contribution >= 4 is 0 Å². The average molecular weight is 210 g/mol. The Morgan fingerprint density at radius 1 is 1.60 bits per heavy atom. The molecule has 4 heteroatoms. The highest BCUT2D eigenvalue weighted by atomic mass is 15.2. The Labute approximate surface area is 91.8 Å². The van der Waals surface area contributed by atoms with Crippen LogP contribution in [-0.4, -0.2) is 15.8 Å². The van der Waals surface area contributed by atoms with Crippen molar-refractivity contribution in [3.8, 4) is 0 Å². The van der Waals surface area contributed by atoms with E-state index in [0.717, 1.165) is 12.8 Å². The molecule has 1 aromatic heterocycles. The second-order valence-corrected chi connectivity index (χ2v) is 4.79. The van der Waals surface area contributed by atoms with Gasteiger partial charge in [0, 0.05) is 19.3 Å². The van der Waals surface area contributed by atoms with Crippen molar-refractivity contribution in [3.05, 3.63) is 18.0 Å². The van der Waals surface area contributed by atoms with Gasteiger partial charge in [0.05, 0.1) is 6.20 Å². The lowest BCUT2D eigenvalue weighted by molar-refractivity contribution is 0.231. The molecule has 0 aliphatic carbocycles. The standard InChI is InChI=1S/C11H22N4/c1-5-11(2,3)10(14-12)6-9-7-13-15(4)8-9/h7-8,10,14H,5-6,12H2,1-4H3. The van der Waals surface area contributed by atoms with Crippen molar-refractivity contribution in [2.75, 3.05) is 0 Å². The third-order valence-electron chi connectivity index (χ3n) is 3.25. The molecule has 1 rings (SSSR count). The molecular formula is C11H22N4. The first kappa shape index (κ1) is 12.2. The van der Waals surface area contributed by atoms with Gasteiger partial charge in [0.15, 0.2) is 0 Å².